The van der Waals surface area contributed by atoms with Crippen LogP contribution in [0.25, 0.3) is 0 Å². The molecule has 0 heterocycles. The molecule has 0 spiro atoms. The van der Waals surface area contributed by atoms with E-state index in [-0.39, 0.29) is 0 Å². The molecule has 0 aromatic heterocycles. The minimum Gasteiger partial charge on any atom is -0.274 e. The first kappa shape index (κ1) is 7.87. The van der Waals surface area contributed by atoms with Crippen molar-refractivity contribution in [3.63, 3.8) is 0 Å². The zero-order valence-corrected chi connectivity index (χ0v) is 5.44. The molecule has 0 aromatic carbocycles. The Bertz CT molecular complexity index is 123. The van der Waals surface area contributed by atoms with Crippen LogP contribution in [-0.2, 0) is 0 Å². The standard InChI is InChI=1S/C4H9N3O2/c1-3-6(4-5-2)7(8)9/h4H,3H2,1-2H3/b5-4-. The van der Waals surface area contributed by atoms with Crippen molar-refractivity contribution in [3.05, 3.63) is 10.1 Å². The van der Waals surface area contributed by atoms with Crippen molar-refractivity contribution in [1.29, 1.82) is 0 Å². The van der Waals surface area contributed by atoms with Crippen LogP contribution in [0.4, 0.5) is 0 Å². The molecular formula is C4H9N3O2. The lowest BCUT2D eigenvalue weighted by molar-refractivity contribution is -0.626. The molecule has 0 saturated carbocycles. The van der Waals surface area contributed by atoms with Crippen molar-refractivity contribution < 1.29 is 5.03 Å². The number of hydrazine groups is 1. The molecule has 5 heteroatoms. The van der Waals surface area contributed by atoms with E-state index in [1.54, 1.807) is 6.92 Å². The highest BCUT2D eigenvalue weighted by Crippen LogP contribution is 1.80. The second-order valence-electron chi connectivity index (χ2n) is 1.37. The summed E-state index contributed by atoms with van der Waals surface area (Å²) in [5.41, 5.74) is 0. The fourth-order valence-corrected chi connectivity index (χ4v) is 0.373. The van der Waals surface area contributed by atoms with Crippen LogP contribution in [0.15, 0.2) is 4.99 Å². The molecule has 0 fully saturated rings. The van der Waals surface area contributed by atoms with Crippen molar-refractivity contribution in [2.75, 3.05) is 13.6 Å². The molecular weight excluding hydrogens is 122 g/mol. The van der Waals surface area contributed by atoms with Gasteiger partial charge in [-0.1, -0.05) is 5.01 Å². The summed E-state index contributed by atoms with van der Waals surface area (Å²) in [5.74, 6) is 0. The first-order valence-corrected chi connectivity index (χ1v) is 2.55. The van der Waals surface area contributed by atoms with Crippen LogP contribution >= 0.6 is 0 Å². The van der Waals surface area contributed by atoms with E-state index >= 15 is 0 Å². The van der Waals surface area contributed by atoms with Gasteiger partial charge in [-0.2, -0.15) is 0 Å². The van der Waals surface area contributed by atoms with Gasteiger partial charge in [0.15, 0.2) is 11.4 Å². The molecule has 0 N–H and O–H groups in total. The summed E-state index contributed by atoms with van der Waals surface area (Å²) in [6, 6.07) is 0. The van der Waals surface area contributed by atoms with E-state index in [9.17, 15) is 10.1 Å². The van der Waals surface area contributed by atoms with Gasteiger partial charge in [0, 0.05) is 7.05 Å². The first-order valence-electron chi connectivity index (χ1n) is 2.55. The van der Waals surface area contributed by atoms with Crippen molar-refractivity contribution in [3.8, 4) is 0 Å². The van der Waals surface area contributed by atoms with Gasteiger partial charge in [-0.05, 0) is 6.92 Å². The normalized spacial score (nSPS) is 10.0. The molecule has 0 rings (SSSR count). The maximum absolute atomic E-state index is 9.96. The fraction of sp³-hybridized carbons (Fsp3) is 0.750. The smallest absolute Gasteiger partial charge is 0.166 e. The highest BCUT2D eigenvalue weighted by Gasteiger charge is 2.04. The summed E-state index contributed by atoms with van der Waals surface area (Å²) in [4.78, 5) is 13.4. The van der Waals surface area contributed by atoms with Crippen molar-refractivity contribution in [2.24, 2.45) is 4.99 Å². The monoisotopic (exact) mass is 131 g/mol. The number of nitrogens with zero attached hydrogens (tertiary/aromatic N) is 3. The van der Waals surface area contributed by atoms with Gasteiger partial charge in [0.25, 0.3) is 0 Å². The Morgan fingerprint density at radius 2 is 2.44 bits per heavy atom. The van der Waals surface area contributed by atoms with E-state index in [0.717, 1.165) is 5.01 Å². The fourth-order valence-electron chi connectivity index (χ4n) is 0.373. The van der Waals surface area contributed by atoms with E-state index in [1.807, 2.05) is 0 Å². The molecule has 9 heavy (non-hydrogen) atoms. The molecule has 0 aliphatic heterocycles. The van der Waals surface area contributed by atoms with Crippen LogP contribution in [-0.4, -0.2) is 30.0 Å². The van der Waals surface area contributed by atoms with Gasteiger partial charge in [-0.3, -0.25) is 4.99 Å². The topological polar surface area (TPSA) is 58.7 Å². The van der Waals surface area contributed by atoms with Crippen LogP contribution in [0.3, 0.4) is 0 Å². The first-order chi connectivity index (χ1) is 4.22. The lowest BCUT2D eigenvalue weighted by atomic mass is 10.7. The van der Waals surface area contributed by atoms with Gasteiger partial charge in [-0.15, -0.1) is 0 Å². The molecule has 52 valence electrons. The Hall–Kier alpha value is -1.13. The predicted molar refractivity (Wildman–Crippen MR) is 33.8 cm³/mol. The summed E-state index contributed by atoms with van der Waals surface area (Å²) in [6.45, 7) is 2.02. The average molecular weight is 131 g/mol. The minimum absolute atomic E-state index is 0.338. The predicted octanol–water partition coefficient (Wildman–Crippen LogP) is 0.158. The lowest BCUT2D eigenvalue weighted by Gasteiger charge is -2.02. The third-order valence-electron chi connectivity index (χ3n) is 0.783. The quantitative estimate of drug-likeness (QED) is 0.237. The molecule has 0 bridgehead atoms. The third kappa shape index (κ3) is 2.63. The number of hydrogen-bond acceptors (Lipinski definition) is 3. The average Bonchev–Trinajstić information content (AvgIpc) is 1.82. The van der Waals surface area contributed by atoms with Gasteiger partial charge in [-0.25, -0.2) is 10.1 Å². The van der Waals surface area contributed by atoms with Gasteiger partial charge >= 0.3 is 0 Å². The third-order valence-corrected chi connectivity index (χ3v) is 0.783. The number of hydrogen-bond donors (Lipinski definition) is 0. The zero-order valence-electron chi connectivity index (χ0n) is 5.44. The highest BCUT2D eigenvalue weighted by atomic mass is 16.7. The second-order valence-corrected chi connectivity index (χ2v) is 1.37. The Kier molecular flexibility index (Phi) is 3.34. The van der Waals surface area contributed by atoms with E-state index in [0.29, 0.717) is 6.54 Å². The molecule has 0 aliphatic rings. The van der Waals surface area contributed by atoms with Crippen molar-refractivity contribution in [2.45, 2.75) is 6.92 Å². The Morgan fingerprint density at radius 3 is 2.56 bits per heavy atom. The van der Waals surface area contributed by atoms with Gasteiger partial charge in [0.1, 0.15) is 0 Å². The van der Waals surface area contributed by atoms with E-state index in [2.05, 4.69) is 4.99 Å². The molecule has 0 unspecified atom stereocenters. The lowest BCUT2D eigenvalue weighted by Crippen LogP contribution is -2.27. The Labute approximate surface area is 53.1 Å². The van der Waals surface area contributed by atoms with Crippen molar-refractivity contribution >= 4 is 6.34 Å². The maximum atomic E-state index is 9.96. The molecule has 0 amide bonds. The van der Waals surface area contributed by atoms with Crippen LogP contribution in [0.1, 0.15) is 6.92 Å². The second kappa shape index (κ2) is 3.82. The Balaban J connectivity index is 3.83. The van der Waals surface area contributed by atoms with E-state index in [4.69, 9.17) is 0 Å². The number of nitro groups is 1. The van der Waals surface area contributed by atoms with Gasteiger partial charge in [0.05, 0.1) is 6.54 Å². The highest BCUT2D eigenvalue weighted by molar-refractivity contribution is 5.52. The summed E-state index contributed by atoms with van der Waals surface area (Å²) in [7, 11) is 1.49. The summed E-state index contributed by atoms with van der Waals surface area (Å²) < 4.78 is 0. The Morgan fingerprint density at radius 1 is 1.89 bits per heavy atom. The van der Waals surface area contributed by atoms with Gasteiger partial charge < -0.3 is 0 Å². The largest absolute Gasteiger partial charge is 0.274 e. The number of rotatable bonds is 3. The van der Waals surface area contributed by atoms with Crippen LogP contribution in [0.2, 0.25) is 0 Å². The summed E-state index contributed by atoms with van der Waals surface area (Å²) in [5, 5.41) is 10.4. The molecule has 0 saturated heterocycles. The summed E-state index contributed by atoms with van der Waals surface area (Å²) >= 11 is 0. The molecule has 0 aliphatic carbocycles. The van der Waals surface area contributed by atoms with E-state index < -0.39 is 5.03 Å². The molecule has 0 aromatic rings. The number of aliphatic imine (C=N–C) groups is 1. The van der Waals surface area contributed by atoms with Crippen LogP contribution < -0.4 is 0 Å². The maximum Gasteiger partial charge on any atom is 0.166 e. The molecule has 0 atom stereocenters. The van der Waals surface area contributed by atoms with Gasteiger partial charge in [0.2, 0.25) is 0 Å². The molecule has 0 radical (unpaired) electrons. The minimum atomic E-state index is -0.507. The molecule has 5 nitrogen and oxygen atoms in total. The SMILES string of the molecule is CCN(/C=N\C)[N+](=O)[O-]. The van der Waals surface area contributed by atoms with Crippen LogP contribution in [0, 0.1) is 10.1 Å². The van der Waals surface area contributed by atoms with Crippen LogP contribution in [0.5, 0.6) is 0 Å². The van der Waals surface area contributed by atoms with E-state index in [1.165, 1.54) is 13.4 Å². The summed E-state index contributed by atoms with van der Waals surface area (Å²) in [6.07, 6.45) is 1.18. The zero-order chi connectivity index (χ0) is 7.28. The van der Waals surface area contributed by atoms with Crippen molar-refractivity contribution in [1.82, 2.24) is 5.01 Å².